The van der Waals surface area contributed by atoms with Crippen molar-refractivity contribution in [2.24, 2.45) is 0 Å². The van der Waals surface area contributed by atoms with Gasteiger partial charge in [-0.2, -0.15) is 5.26 Å². The fraction of sp³-hybridized carbons (Fsp3) is 0.0667. The minimum atomic E-state index is -0.859. The Kier molecular flexibility index (Phi) is 4.98. The van der Waals surface area contributed by atoms with Crippen LogP contribution in [0.1, 0.15) is 21.8 Å². The number of nitrogens with zero attached hydrogens (tertiary/aromatic N) is 1. The number of nitriles is 1. The lowest BCUT2D eigenvalue weighted by Crippen LogP contribution is -2.11. The number of rotatable bonds is 3. The van der Waals surface area contributed by atoms with E-state index in [0.29, 0.717) is 20.6 Å². The van der Waals surface area contributed by atoms with Crippen molar-refractivity contribution in [3.8, 4) is 6.07 Å². The molecule has 5 heteroatoms. The molecule has 0 bridgehead atoms. The van der Waals surface area contributed by atoms with Crippen LogP contribution >= 0.6 is 43.5 Å². The first-order chi connectivity index (χ1) is 9.54. The van der Waals surface area contributed by atoms with Gasteiger partial charge in [0.25, 0.3) is 0 Å². The summed E-state index contributed by atoms with van der Waals surface area (Å²) in [6.45, 7) is 0. The van der Waals surface area contributed by atoms with Gasteiger partial charge in [-0.15, -0.1) is 0 Å². The quantitative estimate of drug-likeness (QED) is 0.636. The van der Waals surface area contributed by atoms with E-state index >= 15 is 0 Å². The van der Waals surface area contributed by atoms with E-state index in [1.54, 1.807) is 30.3 Å². The van der Waals surface area contributed by atoms with E-state index in [-0.39, 0.29) is 5.78 Å². The molecule has 0 saturated heterocycles. The maximum Gasteiger partial charge on any atom is 0.184 e. The molecule has 0 aliphatic carbocycles. The van der Waals surface area contributed by atoms with Gasteiger partial charge in [-0.1, -0.05) is 51.8 Å². The molecule has 100 valence electrons. The number of benzene rings is 2. The van der Waals surface area contributed by atoms with Gasteiger partial charge in [-0.3, -0.25) is 4.79 Å². The zero-order valence-corrected chi connectivity index (χ0v) is 14.0. The second kappa shape index (κ2) is 6.53. The van der Waals surface area contributed by atoms with Crippen molar-refractivity contribution < 1.29 is 4.79 Å². The Hall–Kier alpha value is -1.15. The molecule has 2 aromatic carbocycles. The first kappa shape index (κ1) is 15.2. The number of halogens is 3. The van der Waals surface area contributed by atoms with Gasteiger partial charge in [0, 0.05) is 14.5 Å². The van der Waals surface area contributed by atoms with Crippen LogP contribution in [-0.4, -0.2) is 5.78 Å². The van der Waals surface area contributed by atoms with Crippen LogP contribution in [0.15, 0.2) is 51.4 Å². The Labute approximate surface area is 138 Å². The van der Waals surface area contributed by atoms with Crippen molar-refractivity contribution in [2.45, 2.75) is 5.92 Å². The van der Waals surface area contributed by atoms with Gasteiger partial charge in [0.05, 0.1) is 11.1 Å². The van der Waals surface area contributed by atoms with Crippen LogP contribution in [0, 0.1) is 11.3 Å². The average molecular weight is 413 g/mol. The monoisotopic (exact) mass is 411 g/mol. The molecule has 0 aromatic heterocycles. The zero-order valence-electron chi connectivity index (χ0n) is 10.1. The van der Waals surface area contributed by atoms with Crippen LogP contribution in [0.4, 0.5) is 0 Å². The van der Waals surface area contributed by atoms with Crippen LogP contribution in [0.3, 0.4) is 0 Å². The third kappa shape index (κ3) is 3.12. The molecule has 0 aliphatic heterocycles. The Bertz CT molecular complexity index is 709. The van der Waals surface area contributed by atoms with Crippen LogP contribution in [-0.2, 0) is 0 Å². The van der Waals surface area contributed by atoms with Gasteiger partial charge in [-0.25, -0.2) is 0 Å². The summed E-state index contributed by atoms with van der Waals surface area (Å²) in [5.41, 5.74) is 1.07. The highest BCUT2D eigenvalue weighted by molar-refractivity contribution is 9.10. The molecule has 2 rings (SSSR count). The minimum Gasteiger partial charge on any atom is -0.292 e. The summed E-state index contributed by atoms with van der Waals surface area (Å²) >= 11 is 12.6. The van der Waals surface area contributed by atoms with Gasteiger partial charge in [0.1, 0.15) is 5.92 Å². The second-order valence-electron chi connectivity index (χ2n) is 4.08. The average Bonchev–Trinajstić information content (AvgIpc) is 2.44. The number of ketones is 1. The van der Waals surface area contributed by atoms with Crippen LogP contribution in [0.25, 0.3) is 0 Å². The van der Waals surface area contributed by atoms with Crippen molar-refractivity contribution in [3.63, 3.8) is 0 Å². The molecule has 0 amide bonds. The molecule has 0 radical (unpaired) electrons. The highest BCUT2D eigenvalue weighted by Crippen LogP contribution is 2.29. The van der Waals surface area contributed by atoms with E-state index in [9.17, 15) is 10.1 Å². The molecule has 0 fully saturated rings. The lowest BCUT2D eigenvalue weighted by Gasteiger charge is -2.11. The van der Waals surface area contributed by atoms with Crippen LogP contribution < -0.4 is 0 Å². The molecular weight excluding hydrogens is 405 g/mol. The third-order valence-electron chi connectivity index (χ3n) is 2.81. The van der Waals surface area contributed by atoms with Crippen molar-refractivity contribution in [3.05, 3.63) is 67.6 Å². The SMILES string of the molecule is N#CC(C(=O)c1ccc(Br)c(Cl)c1)c1ccccc1Br. The Morgan fingerprint density at radius 1 is 1.15 bits per heavy atom. The second-order valence-corrected chi connectivity index (χ2v) is 6.19. The summed E-state index contributed by atoms with van der Waals surface area (Å²) in [4.78, 5) is 12.5. The van der Waals surface area contributed by atoms with Gasteiger partial charge in [0.15, 0.2) is 5.78 Å². The largest absolute Gasteiger partial charge is 0.292 e. The number of hydrogen-bond donors (Lipinski definition) is 0. The topological polar surface area (TPSA) is 40.9 Å². The summed E-state index contributed by atoms with van der Waals surface area (Å²) in [6.07, 6.45) is 0. The first-order valence-electron chi connectivity index (χ1n) is 5.68. The van der Waals surface area contributed by atoms with E-state index in [0.717, 1.165) is 4.47 Å². The molecule has 20 heavy (non-hydrogen) atoms. The molecule has 1 unspecified atom stereocenters. The van der Waals surface area contributed by atoms with Crippen molar-refractivity contribution in [1.29, 1.82) is 5.26 Å². The van der Waals surface area contributed by atoms with E-state index in [1.165, 1.54) is 0 Å². The number of carbonyl (C=O) groups is 1. The van der Waals surface area contributed by atoms with Crippen molar-refractivity contribution in [2.75, 3.05) is 0 Å². The predicted octanol–water partition coefficient (Wildman–Crippen LogP) is 5.36. The maximum absolute atomic E-state index is 12.5. The lowest BCUT2D eigenvalue weighted by atomic mass is 9.92. The standard InChI is InChI=1S/C15H8Br2ClNO/c16-12-4-2-1-3-10(12)11(8-19)15(20)9-5-6-13(17)14(18)7-9/h1-7,11H. The van der Waals surface area contributed by atoms with Gasteiger partial charge < -0.3 is 0 Å². The van der Waals surface area contributed by atoms with Crippen LogP contribution in [0.5, 0.6) is 0 Å². The lowest BCUT2D eigenvalue weighted by molar-refractivity contribution is 0.0978. The highest BCUT2D eigenvalue weighted by atomic mass is 79.9. The molecule has 0 aliphatic rings. The van der Waals surface area contributed by atoms with Gasteiger partial charge >= 0.3 is 0 Å². The molecule has 0 heterocycles. The van der Waals surface area contributed by atoms with Crippen molar-refractivity contribution in [1.82, 2.24) is 0 Å². The van der Waals surface area contributed by atoms with E-state index < -0.39 is 5.92 Å². The van der Waals surface area contributed by atoms with Gasteiger partial charge in [-0.05, 0) is 39.7 Å². The van der Waals surface area contributed by atoms with Gasteiger partial charge in [0.2, 0.25) is 0 Å². The molecule has 2 aromatic rings. The number of Topliss-reactive ketones (excluding diaryl/α,β-unsaturated/α-hetero) is 1. The smallest absolute Gasteiger partial charge is 0.184 e. The molecule has 0 N–H and O–H groups in total. The summed E-state index contributed by atoms with van der Waals surface area (Å²) < 4.78 is 1.45. The summed E-state index contributed by atoms with van der Waals surface area (Å²) in [6, 6.07) is 14.2. The Morgan fingerprint density at radius 3 is 2.45 bits per heavy atom. The van der Waals surface area contributed by atoms with E-state index in [2.05, 4.69) is 37.9 Å². The predicted molar refractivity (Wildman–Crippen MR) is 86.0 cm³/mol. The maximum atomic E-state index is 12.5. The fourth-order valence-electron chi connectivity index (χ4n) is 1.79. The summed E-state index contributed by atoms with van der Waals surface area (Å²) in [7, 11) is 0. The zero-order chi connectivity index (χ0) is 14.7. The summed E-state index contributed by atoms with van der Waals surface area (Å²) in [5.74, 6) is -1.13. The van der Waals surface area contributed by atoms with E-state index in [1.807, 2.05) is 12.1 Å². The Morgan fingerprint density at radius 2 is 1.85 bits per heavy atom. The molecule has 1 atom stereocenters. The minimum absolute atomic E-state index is 0.270. The van der Waals surface area contributed by atoms with Crippen LogP contribution in [0.2, 0.25) is 5.02 Å². The molecule has 2 nitrogen and oxygen atoms in total. The van der Waals surface area contributed by atoms with E-state index in [4.69, 9.17) is 11.6 Å². The molecule has 0 spiro atoms. The molecule has 0 saturated carbocycles. The molecular formula is C15H8Br2ClNO. The highest BCUT2D eigenvalue weighted by Gasteiger charge is 2.24. The number of hydrogen-bond acceptors (Lipinski definition) is 2. The normalized spacial score (nSPS) is 11.7. The summed E-state index contributed by atoms with van der Waals surface area (Å²) in [5, 5.41) is 9.77. The third-order valence-corrected chi connectivity index (χ3v) is 4.77. The fourth-order valence-corrected chi connectivity index (χ4v) is 2.74. The first-order valence-corrected chi connectivity index (χ1v) is 7.64. The van der Waals surface area contributed by atoms with Crippen molar-refractivity contribution >= 4 is 49.2 Å². The Balaban J connectivity index is 2.42. The number of carbonyl (C=O) groups excluding carboxylic acids is 1.